The molecule has 1 nitrogen and oxygen atoms in total. The molecule has 1 saturated carbocycles. The zero-order chi connectivity index (χ0) is 16.9. The van der Waals surface area contributed by atoms with E-state index in [4.69, 9.17) is 5.73 Å². The predicted octanol–water partition coefficient (Wildman–Crippen LogP) is 6.00. The first-order valence-electron chi connectivity index (χ1n) is 8.96. The van der Waals surface area contributed by atoms with E-state index in [2.05, 4.69) is 56.0 Å². The number of nitrogens with two attached hydrogens (primary N) is 1. The van der Waals surface area contributed by atoms with Gasteiger partial charge in [0.2, 0.25) is 0 Å². The Kier molecular flexibility index (Phi) is 5.20. The molecule has 0 bridgehead atoms. The highest BCUT2D eigenvalue weighted by atomic mass is 14.5. The van der Waals surface area contributed by atoms with Crippen molar-refractivity contribution in [3.05, 3.63) is 78.0 Å². The topological polar surface area (TPSA) is 26.0 Å². The van der Waals surface area contributed by atoms with E-state index in [0.717, 1.165) is 18.8 Å². The highest BCUT2D eigenvalue weighted by Crippen LogP contribution is 2.34. The molecule has 0 unspecified atom stereocenters. The number of rotatable bonds is 7. The van der Waals surface area contributed by atoms with Gasteiger partial charge in [-0.2, -0.15) is 0 Å². The molecule has 0 amide bonds. The predicted molar refractivity (Wildman–Crippen MR) is 106 cm³/mol. The van der Waals surface area contributed by atoms with Crippen molar-refractivity contribution in [3.8, 4) is 0 Å². The lowest BCUT2D eigenvalue weighted by molar-refractivity contribution is 0.834. The quantitative estimate of drug-likeness (QED) is 0.491. The summed E-state index contributed by atoms with van der Waals surface area (Å²) in [6, 6.07) is 13.6. The Balaban J connectivity index is 1.89. The summed E-state index contributed by atoms with van der Waals surface area (Å²) in [6.07, 6.45) is 11.8. The number of allylic oxidation sites excluding steroid dienone is 4. The number of hydrogen-bond donors (Lipinski definition) is 1. The fourth-order valence-electron chi connectivity index (χ4n) is 3.35. The molecule has 2 N–H and O–H groups in total. The molecule has 2 aromatic rings. The summed E-state index contributed by atoms with van der Waals surface area (Å²) < 4.78 is 0. The Morgan fingerprint density at radius 3 is 2.58 bits per heavy atom. The molecule has 0 radical (unpaired) electrons. The molecule has 0 aliphatic heterocycles. The minimum atomic E-state index is 0.929. The molecule has 124 valence electrons. The van der Waals surface area contributed by atoms with Crippen molar-refractivity contribution >= 4 is 16.3 Å². The van der Waals surface area contributed by atoms with Crippen LogP contribution in [0.3, 0.4) is 0 Å². The molecule has 2 aromatic carbocycles. The van der Waals surface area contributed by atoms with Gasteiger partial charge in [0.15, 0.2) is 0 Å². The molecular formula is C23H27N. The van der Waals surface area contributed by atoms with Gasteiger partial charge in [0.05, 0.1) is 0 Å². The monoisotopic (exact) mass is 317 g/mol. The van der Waals surface area contributed by atoms with Crippen LogP contribution in [0.2, 0.25) is 0 Å². The summed E-state index contributed by atoms with van der Waals surface area (Å²) in [5, 5.41) is 2.63. The van der Waals surface area contributed by atoms with Crippen molar-refractivity contribution in [1.29, 1.82) is 0 Å². The Morgan fingerprint density at radius 2 is 1.92 bits per heavy atom. The van der Waals surface area contributed by atoms with Gasteiger partial charge < -0.3 is 5.73 Å². The molecule has 0 spiro atoms. The van der Waals surface area contributed by atoms with Crippen molar-refractivity contribution < 1.29 is 0 Å². The van der Waals surface area contributed by atoms with Crippen LogP contribution in [0.5, 0.6) is 0 Å². The molecule has 0 aromatic heterocycles. The van der Waals surface area contributed by atoms with Gasteiger partial charge in [-0.1, -0.05) is 42.5 Å². The fourth-order valence-corrected chi connectivity index (χ4v) is 3.35. The highest BCUT2D eigenvalue weighted by Gasteiger charge is 2.21. The van der Waals surface area contributed by atoms with Crippen LogP contribution in [-0.2, 0) is 6.42 Å². The Hall–Kier alpha value is -2.28. The average molecular weight is 317 g/mol. The van der Waals surface area contributed by atoms with Crippen LogP contribution in [0.4, 0.5) is 0 Å². The van der Waals surface area contributed by atoms with E-state index >= 15 is 0 Å². The summed E-state index contributed by atoms with van der Waals surface area (Å²) in [5.41, 5.74) is 11.0. The van der Waals surface area contributed by atoms with E-state index in [9.17, 15) is 0 Å². The maximum absolute atomic E-state index is 5.87. The summed E-state index contributed by atoms with van der Waals surface area (Å²) in [6.45, 7) is 5.89. The Morgan fingerprint density at radius 1 is 1.17 bits per heavy atom. The van der Waals surface area contributed by atoms with E-state index in [1.54, 1.807) is 6.20 Å². The first kappa shape index (κ1) is 16.6. The van der Waals surface area contributed by atoms with Gasteiger partial charge in [-0.15, -0.1) is 6.58 Å². The molecule has 1 fully saturated rings. The van der Waals surface area contributed by atoms with Crippen LogP contribution < -0.4 is 5.73 Å². The molecule has 24 heavy (non-hydrogen) atoms. The van der Waals surface area contributed by atoms with Crippen LogP contribution in [-0.4, -0.2) is 0 Å². The number of hydrogen-bond acceptors (Lipinski definition) is 1. The third kappa shape index (κ3) is 3.79. The zero-order valence-corrected chi connectivity index (χ0v) is 14.6. The fraction of sp³-hybridized carbons (Fsp3) is 0.304. The SMILES string of the molecule is C=CCCC(=C\N)/C(=C\C)c1ccc2cc(CC3CC3)ccc2c1. The van der Waals surface area contributed by atoms with E-state index < -0.39 is 0 Å². The molecule has 1 heteroatoms. The molecule has 3 rings (SSSR count). The van der Waals surface area contributed by atoms with Gasteiger partial charge in [0.1, 0.15) is 0 Å². The van der Waals surface area contributed by atoms with Crippen molar-refractivity contribution in [2.24, 2.45) is 11.7 Å². The lowest BCUT2D eigenvalue weighted by Gasteiger charge is -2.13. The lowest BCUT2D eigenvalue weighted by Crippen LogP contribution is -1.95. The summed E-state index contributed by atoms with van der Waals surface area (Å²) in [5.74, 6) is 0.929. The second kappa shape index (κ2) is 7.53. The van der Waals surface area contributed by atoms with Crippen molar-refractivity contribution in [1.82, 2.24) is 0 Å². The van der Waals surface area contributed by atoms with E-state index in [0.29, 0.717) is 0 Å². The minimum absolute atomic E-state index is 0.929. The van der Waals surface area contributed by atoms with E-state index in [1.165, 1.54) is 52.3 Å². The second-order valence-electron chi connectivity index (χ2n) is 6.77. The molecule has 0 heterocycles. The van der Waals surface area contributed by atoms with Gasteiger partial charge in [0.25, 0.3) is 0 Å². The summed E-state index contributed by atoms with van der Waals surface area (Å²) in [4.78, 5) is 0. The number of benzene rings is 2. The molecule has 0 atom stereocenters. The second-order valence-corrected chi connectivity index (χ2v) is 6.77. The van der Waals surface area contributed by atoms with Gasteiger partial charge in [-0.05, 0) is 90.3 Å². The lowest BCUT2D eigenvalue weighted by atomic mass is 9.92. The van der Waals surface area contributed by atoms with E-state index in [-0.39, 0.29) is 0 Å². The number of fused-ring (bicyclic) bond motifs is 1. The van der Waals surface area contributed by atoms with Crippen LogP contribution in [0.15, 0.2) is 66.9 Å². The average Bonchev–Trinajstić information content (AvgIpc) is 3.42. The van der Waals surface area contributed by atoms with Gasteiger partial charge in [-0.25, -0.2) is 0 Å². The maximum atomic E-state index is 5.87. The summed E-state index contributed by atoms with van der Waals surface area (Å²) >= 11 is 0. The van der Waals surface area contributed by atoms with Crippen LogP contribution >= 0.6 is 0 Å². The molecule has 1 aliphatic carbocycles. The Labute approximate surface area is 145 Å². The van der Waals surface area contributed by atoms with Gasteiger partial charge in [-0.3, -0.25) is 0 Å². The van der Waals surface area contributed by atoms with Crippen LogP contribution in [0.1, 0.15) is 43.7 Å². The van der Waals surface area contributed by atoms with E-state index in [1.807, 2.05) is 6.08 Å². The standard InChI is InChI=1S/C23H27N/c1-3-5-6-22(16-24)23(4-2)21-12-11-19-14-18(13-17-7-8-17)9-10-20(19)15-21/h3-4,9-12,14-17H,1,5-8,13,24H2,2H3/b22-16+,23-4-. The summed E-state index contributed by atoms with van der Waals surface area (Å²) in [7, 11) is 0. The van der Waals surface area contributed by atoms with Crippen LogP contribution in [0, 0.1) is 5.92 Å². The third-order valence-corrected chi connectivity index (χ3v) is 4.89. The molecular weight excluding hydrogens is 290 g/mol. The van der Waals surface area contributed by atoms with Crippen molar-refractivity contribution in [2.45, 2.75) is 39.0 Å². The minimum Gasteiger partial charge on any atom is -0.404 e. The highest BCUT2D eigenvalue weighted by molar-refractivity contribution is 5.89. The first-order valence-corrected chi connectivity index (χ1v) is 8.96. The molecule has 1 aliphatic rings. The third-order valence-electron chi connectivity index (χ3n) is 4.89. The van der Waals surface area contributed by atoms with Gasteiger partial charge >= 0.3 is 0 Å². The maximum Gasteiger partial charge on any atom is -0.00235 e. The Bertz CT molecular complexity index is 791. The molecule has 0 saturated heterocycles. The van der Waals surface area contributed by atoms with Crippen LogP contribution in [0.25, 0.3) is 16.3 Å². The smallest absolute Gasteiger partial charge is 0.00235 e. The van der Waals surface area contributed by atoms with Crippen molar-refractivity contribution in [2.75, 3.05) is 0 Å². The van der Waals surface area contributed by atoms with Gasteiger partial charge in [0, 0.05) is 0 Å². The first-order chi connectivity index (χ1) is 11.7. The normalized spacial score (nSPS) is 15.7. The van der Waals surface area contributed by atoms with Crippen molar-refractivity contribution in [3.63, 3.8) is 0 Å². The largest absolute Gasteiger partial charge is 0.404 e. The zero-order valence-electron chi connectivity index (χ0n) is 14.6.